The van der Waals surface area contributed by atoms with Crippen molar-refractivity contribution in [2.75, 3.05) is 6.61 Å². The van der Waals surface area contributed by atoms with E-state index in [4.69, 9.17) is 9.47 Å². The second kappa shape index (κ2) is 6.45. The fourth-order valence-corrected chi connectivity index (χ4v) is 1.52. The van der Waals surface area contributed by atoms with Crippen molar-refractivity contribution in [3.05, 3.63) is 60.2 Å². The Balaban J connectivity index is 1.95. The third kappa shape index (κ3) is 3.63. The van der Waals surface area contributed by atoms with E-state index in [-0.39, 0.29) is 6.61 Å². The van der Waals surface area contributed by atoms with E-state index in [1.165, 1.54) is 0 Å². The molecule has 0 atom stereocenters. The molecule has 92 valence electrons. The highest BCUT2D eigenvalue weighted by Gasteiger charge is 1.98. The van der Waals surface area contributed by atoms with Gasteiger partial charge in [-0.15, -0.1) is 0 Å². The first kappa shape index (κ1) is 12.2. The van der Waals surface area contributed by atoms with Gasteiger partial charge in [0.1, 0.15) is 24.7 Å². The zero-order valence-electron chi connectivity index (χ0n) is 9.91. The highest BCUT2D eigenvalue weighted by atomic mass is 16.5. The van der Waals surface area contributed by atoms with Crippen LogP contribution < -0.4 is 9.47 Å². The van der Waals surface area contributed by atoms with Gasteiger partial charge in [0.15, 0.2) is 6.29 Å². The van der Waals surface area contributed by atoms with Gasteiger partial charge >= 0.3 is 0 Å². The lowest BCUT2D eigenvalue weighted by Crippen LogP contribution is -1.99. The second-order valence-electron chi connectivity index (χ2n) is 3.73. The Morgan fingerprint density at radius 2 is 1.61 bits per heavy atom. The highest BCUT2D eigenvalue weighted by Crippen LogP contribution is 2.20. The van der Waals surface area contributed by atoms with Crippen LogP contribution in [0.5, 0.6) is 11.5 Å². The molecule has 2 rings (SSSR count). The molecule has 3 heteroatoms. The molecule has 0 heterocycles. The van der Waals surface area contributed by atoms with Crippen molar-refractivity contribution < 1.29 is 14.3 Å². The first-order chi connectivity index (χ1) is 8.88. The largest absolute Gasteiger partial charge is 0.489 e. The molecule has 0 saturated heterocycles. The molecule has 0 amide bonds. The minimum Gasteiger partial charge on any atom is -0.489 e. The van der Waals surface area contributed by atoms with Crippen LogP contribution in [0.3, 0.4) is 0 Å². The number of hydrogen-bond acceptors (Lipinski definition) is 3. The van der Waals surface area contributed by atoms with Gasteiger partial charge in [-0.05, 0) is 17.7 Å². The monoisotopic (exact) mass is 242 g/mol. The number of carbonyl (C=O) groups excluding carboxylic acids is 1. The summed E-state index contributed by atoms with van der Waals surface area (Å²) in [5.74, 6) is 1.36. The maximum atomic E-state index is 10.2. The molecule has 18 heavy (non-hydrogen) atoms. The number of benzene rings is 2. The predicted octanol–water partition coefficient (Wildman–Crippen LogP) is 2.84. The summed E-state index contributed by atoms with van der Waals surface area (Å²) in [4.78, 5) is 10.2. The first-order valence-electron chi connectivity index (χ1n) is 5.72. The summed E-state index contributed by atoms with van der Waals surface area (Å²) in [7, 11) is 0. The Hall–Kier alpha value is -2.29. The maximum absolute atomic E-state index is 10.2. The normalized spacial score (nSPS) is 9.78. The van der Waals surface area contributed by atoms with E-state index < -0.39 is 0 Å². The molecule has 0 fully saturated rings. The molecule has 0 radical (unpaired) electrons. The summed E-state index contributed by atoms with van der Waals surface area (Å²) < 4.78 is 10.8. The Morgan fingerprint density at radius 3 is 2.33 bits per heavy atom. The third-order valence-corrected chi connectivity index (χ3v) is 2.37. The maximum Gasteiger partial charge on any atom is 0.157 e. The van der Waals surface area contributed by atoms with E-state index in [9.17, 15) is 4.79 Å². The number of aldehydes is 1. The molecular formula is C15H14O3. The first-order valence-corrected chi connectivity index (χ1v) is 5.72. The number of hydrogen-bond donors (Lipinski definition) is 0. The van der Waals surface area contributed by atoms with Crippen molar-refractivity contribution in [1.82, 2.24) is 0 Å². The van der Waals surface area contributed by atoms with E-state index in [1.807, 2.05) is 42.5 Å². The molecule has 2 aromatic carbocycles. The average molecular weight is 242 g/mol. The van der Waals surface area contributed by atoms with Gasteiger partial charge in [0.2, 0.25) is 0 Å². The van der Waals surface area contributed by atoms with Crippen molar-refractivity contribution in [3.63, 3.8) is 0 Å². The molecule has 0 saturated carbocycles. The van der Waals surface area contributed by atoms with Gasteiger partial charge in [-0.25, -0.2) is 0 Å². The van der Waals surface area contributed by atoms with E-state index in [0.717, 1.165) is 17.6 Å². The SMILES string of the molecule is O=CCOc1cccc(OCc2ccccc2)c1. The van der Waals surface area contributed by atoms with Crippen LogP contribution in [0.1, 0.15) is 5.56 Å². The topological polar surface area (TPSA) is 35.5 Å². The predicted molar refractivity (Wildman–Crippen MR) is 68.8 cm³/mol. The van der Waals surface area contributed by atoms with Crippen LogP contribution >= 0.6 is 0 Å². The minimum absolute atomic E-state index is 0.0577. The van der Waals surface area contributed by atoms with Gasteiger partial charge in [0.25, 0.3) is 0 Å². The summed E-state index contributed by atoms with van der Waals surface area (Å²) in [6.45, 7) is 0.570. The van der Waals surface area contributed by atoms with Crippen molar-refractivity contribution in [1.29, 1.82) is 0 Å². The summed E-state index contributed by atoms with van der Waals surface area (Å²) in [5.41, 5.74) is 1.11. The molecule has 0 aliphatic heterocycles. The van der Waals surface area contributed by atoms with Crippen LogP contribution in [0, 0.1) is 0 Å². The summed E-state index contributed by atoms with van der Waals surface area (Å²) in [6.07, 6.45) is 0.720. The standard InChI is InChI=1S/C15H14O3/c16-9-10-17-14-7-4-8-15(11-14)18-12-13-5-2-1-3-6-13/h1-9,11H,10,12H2. The van der Waals surface area contributed by atoms with E-state index in [0.29, 0.717) is 12.4 Å². The highest BCUT2D eigenvalue weighted by molar-refractivity contribution is 5.51. The Morgan fingerprint density at radius 1 is 0.889 bits per heavy atom. The van der Waals surface area contributed by atoms with Gasteiger partial charge < -0.3 is 9.47 Å². The van der Waals surface area contributed by atoms with Gasteiger partial charge in [-0.2, -0.15) is 0 Å². The minimum atomic E-state index is 0.0577. The van der Waals surface area contributed by atoms with Crippen LogP contribution in [-0.2, 0) is 11.4 Å². The van der Waals surface area contributed by atoms with E-state index in [2.05, 4.69) is 0 Å². The van der Waals surface area contributed by atoms with Crippen LogP contribution in [0.25, 0.3) is 0 Å². The van der Waals surface area contributed by atoms with Crippen molar-refractivity contribution in [2.24, 2.45) is 0 Å². The smallest absolute Gasteiger partial charge is 0.157 e. The second-order valence-corrected chi connectivity index (χ2v) is 3.73. The fraction of sp³-hybridized carbons (Fsp3) is 0.133. The third-order valence-electron chi connectivity index (χ3n) is 2.37. The molecule has 0 aliphatic rings. The lowest BCUT2D eigenvalue weighted by Gasteiger charge is -2.08. The van der Waals surface area contributed by atoms with Crippen LogP contribution in [0.4, 0.5) is 0 Å². The van der Waals surface area contributed by atoms with Crippen LogP contribution in [-0.4, -0.2) is 12.9 Å². The Kier molecular flexibility index (Phi) is 4.36. The quantitative estimate of drug-likeness (QED) is 0.731. The van der Waals surface area contributed by atoms with Crippen molar-refractivity contribution in [3.8, 4) is 11.5 Å². The van der Waals surface area contributed by atoms with Crippen molar-refractivity contribution >= 4 is 6.29 Å². The van der Waals surface area contributed by atoms with Gasteiger partial charge in [-0.3, -0.25) is 4.79 Å². The van der Waals surface area contributed by atoms with E-state index >= 15 is 0 Å². The number of rotatable bonds is 6. The molecule has 2 aromatic rings. The lowest BCUT2D eigenvalue weighted by atomic mass is 10.2. The van der Waals surface area contributed by atoms with Gasteiger partial charge in [0.05, 0.1) is 0 Å². The Labute approximate surface area is 106 Å². The zero-order valence-corrected chi connectivity index (χ0v) is 9.91. The molecule has 0 unspecified atom stereocenters. The lowest BCUT2D eigenvalue weighted by molar-refractivity contribution is -0.109. The molecule has 3 nitrogen and oxygen atoms in total. The number of ether oxygens (including phenoxy) is 2. The molecule has 0 spiro atoms. The molecular weight excluding hydrogens is 228 g/mol. The van der Waals surface area contributed by atoms with Crippen LogP contribution in [0.2, 0.25) is 0 Å². The molecule has 0 N–H and O–H groups in total. The average Bonchev–Trinajstić information content (AvgIpc) is 2.44. The fourth-order valence-electron chi connectivity index (χ4n) is 1.52. The van der Waals surface area contributed by atoms with E-state index in [1.54, 1.807) is 12.1 Å². The molecule has 0 aromatic heterocycles. The molecule has 0 aliphatic carbocycles. The zero-order chi connectivity index (χ0) is 12.6. The summed E-state index contributed by atoms with van der Waals surface area (Å²) >= 11 is 0. The van der Waals surface area contributed by atoms with Gasteiger partial charge in [-0.1, -0.05) is 36.4 Å². The van der Waals surface area contributed by atoms with Gasteiger partial charge in [0, 0.05) is 6.07 Å². The van der Waals surface area contributed by atoms with Crippen molar-refractivity contribution in [2.45, 2.75) is 6.61 Å². The molecule has 0 bridgehead atoms. The summed E-state index contributed by atoms with van der Waals surface area (Å²) in [5, 5.41) is 0. The summed E-state index contributed by atoms with van der Waals surface area (Å²) in [6, 6.07) is 17.2. The van der Waals surface area contributed by atoms with Crippen LogP contribution in [0.15, 0.2) is 54.6 Å². The number of carbonyl (C=O) groups is 1. The Bertz CT molecular complexity index is 494.